The zero-order chi connectivity index (χ0) is 10.3. The normalized spacial score (nSPS) is 10.8. The second kappa shape index (κ2) is 3.34. The van der Waals surface area contributed by atoms with Gasteiger partial charge in [0, 0.05) is 27.8 Å². The third-order valence-electron chi connectivity index (χ3n) is 2.29. The number of carbonyl (C=O) groups is 1. The quantitative estimate of drug-likeness (QED) is 0.598. The fraction of sp³-hybridized carbons (Fsp3) is 0.200. The number of carbonyl (C=O) groups excluding carboxylic acids is 1. The van der Waals surface area contributed by atoms with Crippen LogP contribution in [-0.4, -0.2) is 15.8 Å². The van der Waals surface area contributed by atoms with Crippen LogP contribution >= 0.6 is 22.6 Å². The fourth-order valence-electron chi connectivity index (χ4n) is 1.49. The molecule has 0 radical (unpaired) electrons. The minimum Gasteiger partial charge on any atom is -0.336 e. The Bertz CT molecular complexity index is 516. The van der Waals surface area contributed by atoms with Crippen LogP contribution < -0.4 is 0 Å². The van der Waals surface area contributed by atoms with Gasteiger partial charge in [0.15, 0.2) is 6.29 Å². The van der Waals surface area contributed by atoms with Gasteiger partial charge in [0.05, 0.1) is 5.69 Å². The molecule has 0 aromatic carbocycles. The van der Waals surface area contributed by atoms with Gasteiger partial charge >= 0.3 is 0 Å². The molecule has 0 saturated carbocycles. The van der Waals surface area contributed by atoms with Crippen molar-refractivity contribution >= 4 is 39.9 Å². The van der Waals surface area contributed by atoms with Gasteiger partial charge in [-0.1, -0.05) is 0 Å². The van der Waals surface area contributed by atoms with Gasteiger partial charge in [-0.15, -0.1) is 0 Å². The summed E-state index contributed by atoms with van der Waals surface area (Å²) in [6, 6.07) is 1.98. The molecule has 0 aliphatic heterocycles. The minimum absolute atomic E-state index is 0.698. The topological polar surface area (TPSA) is 34.9 Å². The molecule has 0 spiro atoms. The Morgan fingerprint density at radius 1 is 1.57 bits per heavy atom. The maximum absolute atomic E-state index is 10.8. The number of hydrogen-bond acceptors (Lipinski definition) is 2. The van der Waals surface area contributed by atoms with E-state index >= 15 is 0 Å². The molecule has 0 amide bonds. The minimum atomic E-state index is 0.698. The molecule has 4 heteroatoms. The lowest BCUT2D eigenvalue weighted by Gasteiger charge is -2.03. The van der Waals surface area contributed by atoms with E-state index in [4.69, 9.17) is 0 Å². The van der Waals surface area contributed by atoms with Gasteiger partial charge in [-0.25, -0.2) is 4.98 Å². The van der Waals surface area contributed by atoms with Gasteiger partial charge in [0.2, 0.25) is 0 Å². The van der Waals surface area contributed by atoms with Crippen LogP contribution in [0.2, 0.25) is 0 Å². The lowest BCUT2D eigenvalue weighted by Crippen LogP contribution is -1.98. The summed E-state index contributed by atoms with van der Waals surface area (Å²) in [7, 11) is 1.95. The molecule has 0 fully saturated rings. The molecule has 2 heterocycles. The summed E-state index contributed by atoms with van der Waals surface area (Å²) in [5.41, 5.74) is 2.42. The summed E-state index contributed by atoms with van der Waals surface area (Å²) in [6.45, 7) is 1.86. The predicted octanol–water partition coefficient (Wildman–Crippen LogP) is 2.30. The average Bonchev–Trinajstić information content (AvgIpc) is 2.49. The molecule has 2 aromatic rings. The highest BCUT2D eigenvalue weighted by atomic mass is 127. The Morgan fingerprint density at radius 2 is 2.29 bits per heavy atom. The second-order valence-corrected chi connectivity index (χ2v) is 4.29. The SMILES string of the molecule is Cc1nc2c(ccn2C)c(I)c1C=O. The van der Waals surface area contributed by atoms with Gasteiger partial charge in [-0.3, -0.25) is 4.79 Å². The lowest BCUT2D eigenvalue weighted by atomic mass is 10.2. The number of nitrogens with zero attached hydrogens (tertiary/aromatic N) is 2. The molecule has 72 valence electrons. The summed E-state index contributed by atoms with van der Waals surface area (Å²) < 4.78 is 2.94. The van der Waals surface area contributed by atoms with Crippen molar-refractivity contribution in [3.8, 4) is 0 Å². The second-order valence-electron chi connectivity index (χ2n) is 3.21. The molecule has 0 unspecified atom stereocenters. The van der Waals surface area contributed by atoms with Crippen molar-refractivity contribution in [3.63, 3.8) is 0 Å². The first-order chi connectivity index (χ1) is 6.65. The molecule has 14 heavy (non-hydrogen) atoms. The van der Waals surface area contributed by atoms with Crippen LogP contribution in [0.4, 0.5) is 0 Å². The van der Waals surface area contributed by atoms with E-state index in [-0.39, 0.29) is 0 Å². The van der Waals surface area contributed by atoms with Crippen molar-refractivity contribution in [2.75, 3.05) is 0 Å². The Hall–Kier alpha value is -0.910. The molecule has 0 aliphatic rings. The van der Waals surface area contributed by atoms with Gasteiger partial charge < -0.3 is 4.57 Å². The maximum atomic E-state index is 10.8. The zero-order valence-corrected chi connectivity index (χ0v) is 10.1. The molecule has 2 rings (SSSR count). The Balaban J connectivity index is 2.94. The summed E-state index contributed by atoms with van der Waals surface area (Å²) in [4.78, 5) is 15.2. The third-order valence-corrected chi connectivity index (χ3v) is 3.46. The maximum Gasteiger partial charge on any atom is 0.152 e. The van der Waals surface area contributed by atoms with Crippen molar-refractivity contribution in [1.29, 1.82) is 0 Å². The first-order valence-corrected chi connectivity index (χ1v) is 5.29. The first-order valence-electron chi connectivity index (χ1n) is 4.21. The van der Waals surface area contributed by atoms with E-state index in [9.17, 15) is 4.79 Å². The number of rotatable bonds is 1. The monoisotopic (exact) mass is 300 g/mol. The van der Waals surface area contributed by atoms with Crippen LogP contribution in [0.15, 0.2) is 12.3 Å². The lowest BCUT2D eigenvalue weighted by molar-refractivity contribution is 0.112. The van der Waals surface area contributed by atoms with Gasteiger partial charge in [0.25, 0.3) is 0 Å². The zero-order valence-electron chi connectivity index (χ0n) is 7.91. The van der Waals surface area contributed by atoms with Crippen LogP contribution in [-0.2, 0) is 7.05 Å². The van der Waals surface area contributed by atoms with E-state index in [0.717, 1.165) is 26.6 Å². The molecule has 0 N–H and O–H groups in total. The summed E-state index contributed by atoms with van der Waals surface area (Å²) in [5, 5.41) is 1.04. The van der Waals surface area contributed by atoms with Crippen molar-refractivity contribution < 1.29 is 4.79 Å². The van der Waals surface area contributed by atoms with Gasteiger partial charge in [-0.05, 0) is 35.6 Å². The van der Waals surface area contributed by atoms with Gasteiger partial charge in [0.1, 0.15) is 5.65 Å². The smallest absolute Gasteiger partial charge is 0.152 e. The van der Waals surface area contributed by atoms with E-state index in [1.54, 1.807) is 0 Å². The Morgan fingerprint density at radius 3 is 2.93 bits per heavy atom. The number of fused-ring (bicyclic) bond motifs is 1. The molecular formula is C10H9IN2O. The van der Waals surface area contributed by atoms with E-state index < -0.39 is 0 Å². The highest BCUT2D eigenvalue weighted by Crippen LogP contribution is 2.24. The van der Waals surface area contributed by atoms with Crippen molar-refractivity contribution in [3.05, 3.63) is 27.1 Å². The van der Waals surface area contributed by atoms with Crippen LogP contribution in [0.25, 0.3) is 11.0 Å². The van der Waals surface area contributed by atoms with E-state index in [1.807, 2.05) is 30.8 Å². The van der Waals surface area contributed by atoms with Crippen LogP contribution in [0.3, 0.4) is 0 Å². The number of halogens is 1. The highest BCUT2D eigenvalue weighted by molar-refractivity contribution is 14.1. The number of aldehydes is 1. The number of hydrogen-bond donors (Lipinski definition) is 0. The number of aromatic nitrogens is 2. The summed E-state index contributed by atoms with van der Waals surface area (Å²) in [5.74, 6) is 0. The van der Waals surface area contributed by atoms with Gasteiger partial charge in [-0.2, -0.15) is 0 Å². The fourth-order valence-corrected chi connectivity index (χ4v) is 2.43. The first kappa shape index (κ1) is 9.64. The molecule has 2 aromatic heterocycles. The van der Waals surface area contributed by atoms with Crippen LogP contribution in [0, 0.1) is 10.5 Å². The number of aryl methyl sites for hydroxylation is 2. The third kappa shape index (κ3) is 1.25. The molecule has 0 atom stereocenters. The Labute approximate surface area is 95.3 Å². The Kier molecular flexibility index (Phi) is 2.30. The summed E-state index contributed by atoms with van der Waals surface area (Å²) in [6.07, 6.45) is 2.82. The predicted molar refractivity (Wildman–Crippen MR) is 63.6 cm³/mol. The van der Waals surface area contributed by atoms with Crippen LogP contribution in [0.1, 0.15) is 16.1 Å². The molecule has 0 bridgehead atoms. The van der Waals surface area contributed by atoms with E-state index in [2.05, 4.69) is 27.6 Å². The van der Waals surface area contributed by atoms with Crippen molar-refractivity contribution in [2.45, 2.75) is 6.92 Å². The molecular weight excluding hydrogens is 291 g/mol. The molecule has 0 aliphatic carbocycles. The largest absolute Gasteiger partial charge is 0.336 e. The highest BCUT2D eigenvalue weighted by Gasteiger charge is 2.11. The van der Waals surface area contributed by atoms with Crippen LogP contribution in [0.5, 0.6) is 0 Å². The molecule has 0 saturated heterocycles. The summed E-state index contributed by atoms with van der Waals surface area (Å²) >= 11 is 2.19. The number of pyridine rings is 1. The van der Waals surface area contributed by atoms with E-state index in [0.29, 0.717) is 5.56 Å². The molecule has 3 nitrogen and oxygen atoms in total. The van der Waals surface area contributed by atoms with E-state index in [1.165, 1.54) is 0 Å². The average molecular weight is 300 g/mol. The standard InChI is InChI=1S/C10H9IN2O/c1-6-8(5-14)9(11)7-3-4-13(2)10(7)12-6/h3-5H,1-2H3. The van der Waals surface area contributed by atoms with Crippen molar-refractivity contribution in [2.24, 2.45) is 7.05 Å². The van der Waals surface area contributed by atoms with Crippen molar-refractivity contribution in [1.82, 2.24) is 9.55 Å².